The third kappa shape index (κ3) is 3.18. The maximum absolute atomic E-state index is 12.4. The highest BCUT2D eigenvalue weighted by Crippen LogP contribution is 2.32. The van der Waals surface area contributed by atoms with Crippen LogP contribution in [0.3, 0.4) is 0 Å². The van der Waals surface area contributed by atoms with Crippen molar-refractivity contribution < 1.29 is 19.1 Å². The van der Waals surface area contributed by atoms with Crippen LogP contribution >= 0.6 is 0 Å². The molecule has 1 fully saturated rings. The summed E-state index contributed by atoms with van der Waals surface area (Å²) < 4.78 is 12.0. The van der Waals surface area contributed by atoms with Gasteiger partial charge < -0.3 is 14.0 Å². The van der Waals surface area contributed by atoms with E-state index in [9.17, 15) is 9.59 Å². The fourth-order valence-corrected chi connectivity index (χ4v) is 2.90. The Morgan fingerprint density at radius 3 is 2.62 bits per heavy atom. The minimum Gasteiger partial charge on any atom is -0.469 e. The third-order valence-corrected chi connectivity index (χ3v) is 4.48. The molecule has 1 saturated carbocycles. The number of benzene rings is 1. The first-order chi connectivity index (χ1) is 11.6. The summed E-state index contributed by atoms with van der Waals surface area (Å²) in [6.07, 6.45) is 3.93. The van der Waals surface area contributed by atoms with Gasteiger partial charge in [0.1, 0.15) is 11.8 Å². The van der Waals surface area contributed by atoms with Gasteiger partial charge in [0.15, 0.2) is 0 Å². The summed E-state index contributed by atoms with van der Waals surface area (Å²) in [6.45, 7) is 2.00. The monoisotopic (exact) mass is 328 g/mol. The molecule has 1 aromatic heterocycles. The molecule has 0 N–H and O–H groups in total. The summed E-state index contributed by atoms with van der Waals surface area (Å²) in [4.78, 5) is 27.9. The number of carbonyl (C=O) groups is 2. The van der Waals surface area contributed by atoms with Crippen molar-refractivity contribution in [3.63, 3.8) is 0 Å². The molecule has 0 radical (unpaired) electrons. The first-order valence-electron chi connectivity index (χ1n) is 7.95. The van der Waals surface area contributed by atoms with Crippen LogP contribution in [0.25, 0.3) is 0 Å². The van der Waals surface area contributed by atoms with E-state index >= 15 is 0 Å². The lowest BCUT2D eigenvalue weighted by Gasteiger charge is -2.32. The Kier molecular flexibility index (Phi) is 4.64. The quantitative estimate of drug-likeness (QED) is 0.789. The number of rotatable bonds is 5. The maximum Gasteiger partial charge on any atom is 0.356 e. The van der Waals surface area contributed by atoms with Crippen molar-refractivity contribution in [2.24, 2.45) is 5.92 Å². The van der Waals surface area contributed by atoms with E-state index in [1.165, 1.54) is 13.3 Å². The van der Waals surface area contributed by atoms with Gasteiger partial charge in [-0.2, -0.15) is 0 Å². The molecule has 2 aromatic rings. The van der Waals surface area contributed by atoms with Crippen molar-refractivity contribution in [2.75, 3.05) is 7.11 Å². The molecular formula is C18H20N2O4. The van der Waals surface area contributed by atoms with Crippen molar-refractivity contribution in [1.29, 1.82) is 0 Å². The van der Waals surface area contributed by atoms with Gasteiger partial charge in [-0.05, 0) is 25.3 Å². The standard InChI is InChI=1S/C18H20N2O4/c1-12(13-6-4-3-5-7-13)20-11-19-10-16(20)18(22)24-15-8-14(9-15)17(21)23-2/h3-7,10-12,14-15H,8-9H2,1-2H3/t12-,14?,15?/m1/s1. The predicted octanol–water partition coefficient (Wildman–Crippen LogP) is 2.60. The number of hydrogen-bond donors (Lipinski definition) is 0. The molecule has 1 heterocycles. The Bertz CT molecular complexity index is 720. The maximum atomic E-state index is 12.4. The highest BCUT2D eigenvalue weighted by molar-refractivity contribution is 5.87. The fraction of sp³-hybridized carbons (Fsp3) is 0.389. The zero-order valence-corrected chi connectivity index (χ0v) is 13.7. The molecule has 1 aromatic carbocycles. The summed E-state index contributed by atoms with van der Waals surface area (Å²) in [5, 5.41) is 0. The second kappa shape index (κ2) is 6.86. The normalized spacial score (nSPS) is 20.8. The second-order valence-electron chi connectivity index (χ2n) is 5.99. The molecule has 0 aliphatic heterocycles. The summed E-state index contributed by atoms with van der Waals surface area (Å²) in [5.41, 5.74) is 1.49. The fourth-order valence-electron chi connectivity index (χ4n) is 2.90. The first kappa shape index (κ1) is 16.2. The molecule has 1 aliphatic rings. The zero-order valence-electron chi connectivity index (χ0n) is 13.7. The van der Waals surface area contributed by atoms with Crippen molar-refractivity contribution in [1.82, 2.24) is 9.55 Å². The average molecular weight is 328 g/mol. The van der Waals surface area contributed by atoms with Gasteiger partial charge >= 0.3 is 11.9 Å². The largest absolute Gasteiger partial charge is 0.469 e. The molecule has 0 saturated heterocycles. The van der Waals surface area contributed by atoms with E-state index < -0.39 is 5.97 Å². The molecular weight excluding hydrogens is 308 g/mol. The zero-order chi connectivity index (χ0) is 17.1. The number of hydrogen-bond acceptors (Lipinski definition) is 5. The number of methoxy groups -OCH3 is 1. The third-order valence-electron chi connectivity index (χ3n) is 4.48. The number of nitrogens with zero attached hydrogens (tertiary/aromatic N) is 2. The lowest BCUT2D eigenvalue weighted by Crippen LogP contribution is -2.38. The van der Waals surface area contributed by atoms with Gasteiger partial charge in [-0.3, -0.25) is 4.79 Å². The average Bonchev–Trinajstić information content (AvgIpc) is 3.06. The van der Waals surface area contributed by atoms with Crippen molar-refractivity contribution in [3.05, 3.63) is 54.1 Å². The Morgan fingerprint density at radius 2 is 1.96 bits per heavy atom. The molecule has 6 nitrogen and oxygen atoms in total. The Labute approximate surface area is 140 Å². The SMILES string of the molecule is COC(=O)C1CC(OC(=O)c2cncn2[C@H](C)c2ccccc2)C1. The lowest BCUT2D eigenvalue weighted by atomic mass is 9.82. The topological polar surface area (TPSA) is 70.4 Å². The molecule has 0 unspecified atom stereocenters. The van der Waals surface area contributed by atoms with Gasteiger partial charge in [0.2, 0.25) is 0 Å². The van der Waals surface area contributed by atoms with Crippen LogP contribution in [-0.2, 0) is 14.3 Å². The molecule has 0 bridgehead atoms. The van der Waals surface area contributed by atoms with Gasteiger partial charge in [-0.15, -0.1) is 0 Å². The Hall–Kier alpha value is -2.63. The summed E-state index contributed by atoms with van der Waals surface area (Å²) >= 11 is 0. The number of ether oxygens (including phenoxy) is 2. The van der Waals surface area contributed by atoms with Crippen molar-refractivity contribution in [2.45, 2.75) is 31.9 Å². The Morgan fingerprint density at radius 1 is 1.25 bits per heavy atom. The van der Waals surface area contributed by atoms with Gasteiger partial charge in [-0.1, -0.05) is 30.3 Å². The number of carbonyl (C=O) groups excluding carboxylic acids is 2. The van der Waals surface area contributed by atoms with E-state index in [-0.39, 0.29) is 24.0 Å². The molecule has 1 aliphatic carbocycles. The minimum atomic E-state index is -0.413. The molecule has 0 amide bonds. The van der Waals surface area contributed by atoms with E-state index in [0.717, 1.165) is 5.56 Å². The lowest BCUT2D eigenvalue weighted by molar-refractivity contribution is -0.152. The van der Waals surface area contributed by atoms with Gasteiger partial charge in [-0.25, -0.2) is 9.78 Å². The van der Waals surface area contributed by atoms with Crippen LogP contribution in [0.2, 0.25) is 0 Å². The highest BCUT2D eigenvalue weighted by atomic mass is 16.5. The van der Waals surface area contributed by atoms with Crippen LogP contribution in [0.5, 0.6) is 0 Å². The summed E-state index contributed by atoms with van der Waals surface area (Å²) in [7, 11) is 1.37. The Balaban J connectivity index is 1.65. The number of imidazole rings is 1. The first-order valence-corrected chi connectivity index (χ1v) is 7.95. The van der Waals surface area contributed by atoms with Gasteiger partial charge in [0.25, 0.3) is 0 Å². The summed E-state index contributed by atoms with van der Waals surface area (Å²) in [5.74, 6) is -0.824. The van der Waals surface area contributed by atoms with Crippen molar-refractivity contribution in [3.8, 4) is 0 Å². The van der Waals surface area contributed by atoms with Crippen LogP contribution in [0.1, 0.15) is 41.9 Å². The van der Waals surface area contributed by atoms with E-state index in [4.69, 9.17) is 4.74 Å². The van der Waals surface area contributed by atoms with Crippen LogP contribution in [0.4, 0.5) is 0 Å². The van der Waals surface area contributed by atoms with Crippen LogP contribution < -0.4 is 0 Å². The van der Waals surface area contributed by atoms with Gasteiger partial charge in [0.05, 0.1) is 31.6 Å². The second-order valence-corrected chi connectivity index (χ2v) is 5.99. The van der Waals surface area contributed by atoms with Crippen LogP contribution in [0.15, 0.2) is 42.9 Å². The van der Waals surface area contributed by atoms with Crippen LogP contribution in [-0.4, -0.2) is 34.7 Å². The molecule has 126 valence electrons. The summed E-state index contributed by atoms with van der Waals surface area (Å²) in [6, 6.07) is 9.86. The number of aromatic nitrogens is 2. The highest BCUT2D eigenvalue weighted by Gasteiger charge is 2.38. The predicted molar refractivity (Wildman–Crippen MR) is 86.4 cm³/mol. The van der Waals surface area contributed by atoms with Crippen LogP contribution in [0, 0.1) is 5.92 Å². The minimum absolute atomic E-state index is 0.0274. The molecule has 0 spiro atoms. The van der Waals surface area contributed by atoms with E-state index in [1.54, 1.807) is 10.9 Å². The smallest absolute Gasteiger partial charge is 0.356 e. The van der Waals surface area contributed by atoms with Gasteiger partial charge in [0, 0.05) is 0 Å². The molecule has 24 heavy (non-hydrogen) atoms. The van der Waals surface area contributed by atoms with Crippen molar-refractivity contribution >= 4 is 11.9 Å². The van der Waals surface area contributed by atoms with E-state index in [0.29, 0.717) is 18.5 Å². The molecule has 3 rings (SSSR count). The molecule has 6 heteroatoms. The van der Waals surface area contributed by atoms with E-state index in [1.807, 2.05) is 37.3 Å². The molecule has 1 atom stereocenters. The van der Waals surface area contributed by atoms with E-state index in [2.05, 4.69) is 9.72 Å². The number of esters is 2.